The first-order valence-corrected chi connectivity index (χ1v) is 6.16. The molecule has 0 saturated heterocycles. The van der Waals surface area contributed by atoms with E-state index in [1.807, 2.05) is 11.7 Å². The maximum absolute atomic E-state index is 11.2. The normalized spacial score (nSPS) is 14.2. The van der Waals surface area contributed by atoms with Crippen molar-refractivity contribution >= 4 is 6.09 Å². The van der Waals surface area contributed by atoms with E-state index in [0.717, 1.165) is 18.5 Å². The Bertz CT molecular complexity index is 412. The molecule has 0 spiro atoms. The lowest BCUT2D eigenvalue weighted by Crippen LogP contribution is -2.24. The van der Waals surface area contributed by atoms with Gasteiger partial charge in [-0.15, -0.1) is 0 Å². The van der Waals surface area contributed by atoms with Crippen molar-refractivity contribution in [2.75, 3.05) is 6.61 Å². The van der Waals surface area contributed by atoms with Crippen LogP contribution in [-0.4, -0.2) is 22.5 Å². The highest BCUT2D eigenvalue weighted by Crippen LogP contribution is 2.23. The highest BCUT2D eigenvalue weighted by atomic mass is 16.5. The highest BCUT2D eigenvalue weighted by molar-refractivity contribution is 5.67. The molecule has 0 saturated carbocycles. The number of carbonyl (C=O) groups is 1. The molecule has 0 aliphatic heterocycles. The first-order chi connectivity index (χ1) is 8.22. The Hall–Kier alpha value is -1.52. The highest BCUT2D eigenvalue weighted by Gasteiger charge is 2.19. The second-order valence-electron chi connectivity index (χ2n) is 4.28. The van der Waals surface area contributed by atoms with Gasteiger partial charge < -0.3 is 10.1 Å². The van der Waals surface area contributed by atoms with Crippen molar-refractivity contribution in [1.82, 2.24) is 15.1 Å². The van der Waals surface area contributed by atoms with Crippen LogP contribution in [0.5, 0.6) is 0 Å². The number of nitrogens with one attached hydrogen (secondary N) is 1. The summed E-state index contributed by atoms with van der Waals surface area (Å²) in [5.41, 5.74) is 3.61. The minimum absolute atomic E-state index is 0.372. The number of ether oxygens (including phenoxy) is 1. The van der Waals surface area contributed by atoms with Crippen LogP contribution in [0.2, 0.25) is 0 Å². The van der Waals surface area contributed by atoms with Crippen LogP contribution in [0, 0.1) is 0 Å². The molecule has 0 aromatic carbocycles. The van der Waals surface area contributed by atoms with Crippen molar-refractivity contribution in [2.24, 2.45) is 7.05 Å². The van der Waals surface area contributed by atoms with Gasteiger partial charge in [-0.25, -0.2) is 4.79 Å². The fourth-order valence-corrected chi connectivity index (χ4v) is 2.34. The lowest BCUT2D eigenvalue weighted by atomic mass is 9.96. The van der Waals surface area contributed by atoms with Gasteiger partial charge in [0.2, 0.25) is 0 Å². The fourth-order valence-electron chi connectivity index (χ4n) is 2.34. The van der Waals surface area contributed by atoms with E-state index in [2.05, 4.69) is 10.4 Å². The summed E-state index contributed by atoms with van der Waals surface area (Å²) >= 11 is 0. The first kappa shape index (κ1) is 12.0. The summed E-state index contributed by atoms with van der Waals surface area (Å²) < 4.78 is 6.77. The third-order valence-electron chi connectivity index (χ3n) is 3.12. The van der Waals surface area contributed by atoms with Gasteiger partial charge in [0, 0.05) is 12.7 Å². The van der Waals surface area contributed by atoms with E-state index in [1.165, 1.54) is 24.1 Å². The van der Waals surface area contributed by atoms with Crippen LogP contribution in [0.1, 0.15) is 36.7 Å². The van der Waals surface area contributed by atoms with Crippen molar-refractivity contribution in [3.05, 3.63) is 17.0 Å². The quantitative estimate of drug-likeness (QED) is 0.867. The minimum atomic E-state index is -0.372. The van der Waals surface area contributed by atoms with E-state index in [0.29, 0.717) is 13.2 Å². The molecule has 1 amide bonds. The Morgan fingerprint density at radius 2 is 2.24 bits per heavy atom. The van der Waals surface area contributed by atoms with E-state index in [1.54, 1.807) is 6.92 Å². The van der Waals surface area contributed by atoms with E-state index >= 15 is 0 Å². The molecule has 0 bridgehead atoms. The predicted octanol–water partition coefficient (Wildman–Crippen LogP) is 1.54. The Labute approximate surface area is 101 Å². The molecular weight excluding hydrogens is 218 g/mol. The third kappa shape index (κ3) is 2.60. The SMILES string of the molecule is CCOC(=O)NCc1nn(C)c2c1CCCC2. The number of alkyl carbamates (subject to hydrolysis) is 1. The zero-order valence-corrected chi connectivity index (χ0v) is 10.5. The number of hydrogen-bond donors (Lipinski definition) is 1. The lowest BCUT2D eigenvalue weighted by Gasteiger charge is -2.12. The summed E-state index contributed by atoms with van der Waals surface area (Å²) in [5, 5.41) is 7.20. The largest absolute Gasteiger partial charge is 0.450 e. The second kappa shape index (κ2) is 5.21. The number of nitrogens with zero attached hydrogens (tertiary/aromatic N) is 2. The molecule has 17 heavy (non-hydrogen) atoms. The Kier molecular flexibility index (Phi) is 3.66. The van der Waals surface area contributed by atoms with Crippen LogP contribution in [0.4, 0.5) is 4.79 Å². The zero-order valence-electron chi connectivity index (χ0n) is 10.5. The second-order valence-corrected chi connectivity index (χ2v) is 4.28. The first-order valence-electron chi connectivity index (χ1n) is 6.16. The zero-order chi connectivity index (χ0) is 12.3. The van der Waals surface area contributed by atoms with Gasteiger partial charge in [0.25, 0.3) is 0 Å². The molecule has 5 heteroatoms. The number of amides is 1. The van der Waals surface area contributed by atoms with E-state index in [-0.39, 0.29) is 6.09 Å². The molecule has 0 fully saturated rings. The standard InChI is InChI=1S/C12H19N3O2/c1-3-17-12(16)13-8-10-9-6-4-5-7-11(9)15(2)14-10/h3-8H2,1-2H3,(H,13,16). The van der Waals surface area contributed by atoms with Crippen molar-refractivity contribution in [3.8, 4) is 0 Å². The van der Waals surface area contributed by atoms with Gasteiger partial charge in [-0.1, -0.05) is 0 Å². The molecule has 1 aliphatic rings. The molecule has 0 atom stereocenters. The predicted molar refractivity (Wildman–Crippen MR) is 63.7 cm³/mol. The van der Waals surface area contributed by atoms with Gasteiger partial charge in [0.15, 0.2) is 0 Å². The Balaban J connectivity index is 2.04. The fraction of sp³-hybridized carbons (Fsp3) is 0.667. The molecule has 1 aliphatic carbocycles. The Morgan fingerprint density at radius 1 is 1.47 bits per heavy atom. The molecule has 2 rings (SSSR count). The molecule has 5 nitrogen and oxygen atoms in total. The molecule has 1 aromatic heterocycles. The van der Waals surface area contributed by atoms with E-state index in [9.17, 15) is 4.79 Å². The minimum Gasteiger partial charge on any atom is -0.450 e. The van der Waals surface area contributed by atoms with Crippen molar-refractivity contribution < 1.29 is 9.53 Å². The van der Waals surface area contributed by atoms with Crippen LogP contribution < -0.4 is 5.32 Å². The average Bonchev–Trinajstić information content (AvgIpc) is 2.65. The maximum atomic E-state index is 11.2. The monoisotopic (exact) mass is 237 g/mol. The van der Waals surface area contributed by atoms with Crippen LogP contribution in [0.3, 0.4) is 0 Å². The van der Waals surface area contributed by atoms with E-state index < -0.39 is 0 Å². The number of hydrogen-bond acceptors (Lipinski definition) is 3. The van der Waals surface area contributed by atoms with E-state index in [4.69, 9.17) is 4.74 Å². The molecule has 0 unspecified atom stereocenters. The van der Waals surface area contributed by atoms with Gasteiger partial charge in [0.1, 0.15) is 0 Å². The molecule has 1 heterocycles. The summed E-state index contributed by atoms with van der Waals surface area (Å²) in [6.07, 6.45) is 4.24. The molecule has 1 aromatic rings. The molecule has 94 valence electrons. The number of carbonyl (C=O) groups excluding carboxylic acids is 1. The molecule has 0 radical (unpaired) electrons. The van der Waals surface area contributed by atoms with Crippen LogP contribution in [0.25, 0.3) is 0 Å². The third-order valence-corrected chi connectivity index (χ3v) is 3.12. The summed E-state index contributed by atoms with van der Waals surface area (Å²) in [6.45, 7) is 2.65. The van der Waals surface area contributed by atoms with Crippen LogP contribution >= 0.6 is 0 Å². The van der Waals surface area contributed by atoms with Gasteiger partial charge in [-0.3, -0.25) is 4.68 Å². The van der Waals surface area contributed by atoms with Gasteiger partial charge in [-0.2, -0.15) is 5.10 Å². The smallest absolute Gasteiger partial charge is 0.407 e. The summed E-state index contributed by atoms with van der Waals surface area (Å²) in [4.78, 5) is 11.2. The summed E-state index contributed by atoms with van der Waals surface area (Å²) in [5.74, 6) is 0. The number of rotatable bonds is 3. The van der Waals surface area contributed by atoms with Crippen LogP contribution in [0.15, 0.2) is 0 Å². The van der Waals surface area contributed by atoms with Gasteiger partial charge in [-0.05, 0) is 38.2 Å². The lowest BCUT2D eigenvalue weighted by molar-refractivity contribution is 0.151. The number of aromatic nitrogens is 2. The summed E-state index contributed by atoms with van der Waals surface area (Å²) in [7, 11) is 1.97. The van der Waals surface area contributed by atoms with Gasteiger partial charge in [0.05, 0.1) is 18.8 Å². The topological polar surface area (TPSA) is 56.1 Å². The maximum Gasteiger partial charge on any atom is 0.407 e. The van der Waals surface area contributed by atoms with Gasteiger partial charge >= 0.3 is 6.09 Å². The Morgan fingerprint density at radius 3 is 3.00 bits per heavy atom. The van der Waals surface area contributed by atoms with Crippen molar-refractivity contribution in [1.29, 1.82) is 0 Å². The molecular formula is C12H19N3O2. The average molecular weight is 237 g/mol. The van der Waals surface area contributed by atoms with Crippen LogP contribution in [-0.2, 0) is 31.2 Å². The summed E-state index contributed by atoms with van der Waals surface area (Å²) in [6, 6.07) is 0. The number of fused-ring (bicyclic) bond motifs is 1. The van der Waals surface area contributed by atoms with Crippen molar-refractivity contribution in [2.45, 2.75) is 39.2 Å². The number of aryl methyl sites for hydroxylation is 1. The van der Waals surface area contributed by atoms with Crippen molar-refractivity contribution in [3.63, 3.8) is 0 Å². The molecule has 1 N–H and O–H groups in total.